The van der Waals surface area contributed by atoms with Gasteiger partial charge in [0.15, 0.2) is 0 Å². The first-order chi connectivity index (χ1) is 16.0. The third-order valence-corrected chi connectivity index (χ3v) is 7.97. The number of carbonyl (C=O) groups is 3. The van der Waals surface area contributed by atoms with E-state index in [1.54, 1.807) is 25.5 Å². The molecule has 34 heavy (non-hydrogen) atoms. The predicted octanol–water partition coefficient (Wildman–Crippen LogP) is 2.81. The van der Waals surface area contributed by atoms with Gasteiger partial charge in [-0.3, -0.25) is 14.4 Å². The Balaban J connectivity index is 1.38. The van der Waals surface area contributed by atoms with E-state index in [4.69, 9.17) is 0 Å². The fourth-order valence-electron chi connectivity index (χ4n) is 7.07. The number of aromatic nitrogens is 2. The molecular weight excluding hydrogens is 439 g/mol. The summed E-state index contributed by atoms with van der Waals surface area (Å²) in [7, 11) is 1.64. The van der Waals surface area contributed by atoms with Crippen LogP contribution in [-0.2, 0) is 11.8 Å². The van der Waals surface area contributed by atoms with E-state index in [0.29, 0.717) is 29.5 Å². The van der Waals surface area contributed by atoms with Crippen molar-refractivity contribution in [1.82, 2.24) is 14.9 Å². The topological polar surface area (TPSA) is 113 Å². The number of rotatable bonds is 5. The molecule has 0 aromatic carbocycles. The number of nitrogens with zero attached hydrogens (tertiary/aromatic N) is 2. The smallest absolute Gasteiger partial charge is 0.294 e. The maximum atomic E-state index is 13.4. The summed E-state index contributed by atoms with van der Waals surface area (Å²) < 4.78 is 15.0. The summed E-state index contributed by atoms with van der Waals surface area (Å²) in [5.74, 6) is -1.90. The average molecular weight is 469 g/mol. The van der Waals surface area contributed by atoms with Crippen molar-refractivity contribution in [3.05, 3.63) is 46.8 Å². The lowest BCUT2D eigenvalue weighted by molar-refractivity contribution is -0.149. The minimum atomic E-state index is -0.754. The summed E-state index contributed by atoms with van der Waals surface area (Å²) in [5.41, 5.74) is 0.247. The number of amides is 2. The van der Waals surface area contributed by atoms with Gasteiger partial charge in [-0.05, 0) is 75.8 Å². The first-order valence-electron chi connectivity index (χ1n) is 11.7. The lowest BCUT2D eigenvalue weighted by Crippen LogP contribution is -2.66. The van der Waals surface area contributed by atoms with Gasteiger partial charge >= 0.3 is 0 Å². The first-order valence-corrected chi connectivity index (χ1v) is 11.7. The molecule has 2 aromatic heterocycles. The number of nitrogens with one attached hydrogen (secondary N) is 2. The highest BCUT2D eigenvalue weighted by molar-refractivity contribution is 6.43. The minimum Gasteiger partial charge on any atom is -0.390 e. The number of hydrogen-bond acceptors (Lipinski definition) is 5. The Morgan fingerprint density at radius 1 is 1.18 bits per heavy atom. The number of Topliss-reactive ketones (excluding diaryl/α,β-unsaturated/α-hetero) is 1. The van der Waals surface area contributed by atoms with E-state index in [0.717, 1.165) is 38.2 Å². The van der Waals surface area contributed by atoms with Gasteiger partial charge in [-0.1, -0.05) is 0 Å². The van der Waals surface area contributed by atoms with E-state index in [-0.39, 0.29) is 16.9 Å². The van der Waals surface area contributed by atoms with Crippen molar-refractivity contribution in [2.24, 2.45) is 18.9 Å². The van der Waals surface area contributed by atoms with Gasteiger partial charge in [0.05, 0.1) is 16.9 Å². The molecule has 4 aliphatic rings. The number of hydrogen-bond donors (Lipinski definition) is 3. The van der Waals surface area contributed by atoms with E-state index in [9.17, 15) is 23.9 Å². The van der Waals surface area contributed by atoms with Gasteiger partial charge in [0.2, 0.25) is 5.95 Å². The van der Waals surface area contributed by atoms with Crippen molar-refractivity contribution in [3.63, 3.8) is 0 Å². The largest absolute Gasteiger partial charge is 0.390 e. The maximum absolute atomic E-state index is 13.4. The Bertz CT molecular complexity index is 1210. The van der Waals surface area contributed by atoms with Crippen LogP contribution in [0.3, 0.4) is 0 Å². The molecule has 8 nitrogen and oxygen atoms in total. The zero-order chi connectivity index (χ0) is 24.4. The molecule has 4 bridgehead atoms. The van der Waals surface area contributed by atoms with Gasteiger partial charge in [0.25, 0.3) is 17.6 Å². The molecule has 0 aliphatic heterocycles. The minimum absolute atomic E-state index is 0.143. The zero-order valence-electron chi connectivity index (χ0n) is 19.6. The molecule has 2 aromatic rings. The molecule has 6 rings (SSSR count). The summed E-state index contributed by atoms with van der Waals surface area (Å²) in [6.45, 7) is 3.32. The van der Waals surface area contributed by atoms with Gasteiger partial charge in [-0.25, -0.2) is 4.98 Å². The predicted molar refractivity (Wildman–Crippen MR) is 122 cm³/mol. The first kappa shape index (κ1) is 22.7. The van der Waals surface area contributed by atoms with Crippen LogP contribution < -0.4 is 10.6 Å². The SMILES string of the molecule is Cc1c(C(=O)Nc2ccnc(F)c2)c(C)n(C)c1C(=O)C(=O)NC12CC3CC(CC(O)(C3)C1)C2. The van der Waals surface area contributed by atoms with Crippen LogP contribution in [0.15, 0.2) is 18.3 Å². The Labute approximate surface area is 196 Å². The summed E-state index contributed by atoms with van der Waals surface area (Å²) in [5, 5.41) is 16.6. The van der Waals surface area contributed by atoms with Gasteiger partial charge < -0.3 is 20.3 Å². The van der Waals surface area contributed by atoms with E-state index >= 15 is 0 Å². The Morgan fingerprint density at radius 3 is 2.47 bits per heavy atom. The molecule has 9 heteroatoms. The van der Waals surface area contributed by atoms with Gasteiger partial charge in [0, 0.05) is 36.2 Å². The van der Waals surface area contributed by atoms with Crippen LogP contribution in [0.2, 0.25) is 0 Å². The Morgan fingerprint density at radius 2 is 1.85 bits per heavy atom. The lowest BCUT2D eigenvalue weighted by atomic mass is 9.51. The molecule has 4 aliphatic carbocycles. The zero-order valence-corrected chi connectivity index (χ0v) is 19.6. The van der Waals surface area contributed by atoms with Gasteiger partial charge in [-0.2, -0.15) is 4.39 Å². The van der Waals surface area contributed by atoms with Gasteiger partial charge in [-0.15, -0.1) is 0 Å². The van der Waals surface area contributed by atoms with Crippen LogP contribution >= 0.6 is 0 Å². The summed E-state index contributed by atoms with van der Waals surface area (Å²) in [6, 6.07) is 2.57. The number of halogens is 1. The summed E-state index contributed by atoms with van der Waals surface area (Å²) in [4.78, 5) is 42.9. The van der Waals surface area contributed by atoms with E-state index in [1.165, 1.54) is 12.3 Å². The monoisotopic (exact) mass is 468 g/mol. The fourth-order valence-corrected chi connectivity index (χ4v) is 7.07. The van der Waals surface area contributed by atoms with Crippen molar-refractivity contribution in [2.45, 2.75) is 63.5 Å². The number of ketones is 1. The molecular formula is C25H29FN4O4. The highest BCUT2D eigenvalue weighted by Crippen LogP contribution is 2.57. The number of aliphatic hydroxyl groups is 1. The van der Waals surface area contributed by atoms with Crippen LogP contribution in [0.4, 0.5) is 10.1 Å². The maximum Gasteiger partial charge on any atom is 0.294 e. The quantitative estimate of drug-likeness (QED) is 0.355. The van der Waals surface area contributed by atoms with Gasteiger partial charge in [0.1, 0.15) is 0 Å². The van der Waals surface area contributed by atoms with Crippen LogP contribution in [-0.4, -0.2) is 43.4 Å². The van der Waals surface area contributed by atoms with E-state index < -0.39 is 34.7 Å². The molecule has 2 amide bonds. The molecule has 4 fully saturated rings. The van der Waals surface area contributed by atoms with Crippen molar-refractivity contribution >= 4 is 23.3 Å². The molecule has 0 radical (unpaired) electrons. The molecule has 3 N–H and O–H groups in total. The summed E-state index contributed by atoms with van der Waals surface area (Å²) >= 11 is 0. The van der Waals surface area contributed by atoms with E-state index in [2.05, 4.69) is 15.6 Å². The Kier molecular flexibility index (Phi) is 5.16. The van der Waals surface area contributed by atoms with Crippen LogP contribution in [0, 0.1) is 31.6 Å². The summed E-state index contributed by atoms with van der Waals surface area (Å²) in [6.07, 6.45) is 5.90. The molecule has 180 valence electrons. The molecule has 2 unspecified atom stereocenters. The standard InChI is InChI=1S/C25H29FN4O4/c1-13-19(22(32)28-17-4-5-27-18(26)7-17)14(2)30(3)20(13)21(31)23(33)29-24-8-15-6-16(9-24)11-25(34,10-15)12-24/h4-5,7,15-16,34H,6,8-12H2,1-3H3,(H,29,33)(H,27,28,32). The second-order valence-corrected chi connectivity index (χ2v) is 10.6. The van der Waals surface area contributed by atoms with Crippen LogP contribution in [0.1, 0.15) is 70.6 Å². The van der Waals surface area contributed by atoms with Crippen molar-refractivity contribution in [1.29, 1.82) is 0 Å². The third kappa shape index (κ3) is 3.72. The van der Waals surface area contributed by atoms with Crippen molar-refractivity contribution < 1.29 is 23.9 Å². The molecule has 2 atom stereocenters. The third-order valence-electron chi connectivity index (χ3n) is 7.97. The fraction of sp³-hybridized carbons (Fsp3) is 0.520. The highest BCUT2D eigenvalue weighted by Gasteiger charge is 2.58. The number of pyridine rings is 1. The van der Waals surface area contributed by atoms with E-state index in [1.807, 2.05) is 0 Å². The lowest BCUT2D eigenvalue weighted by Gasteiger charge is -2.60. The number of anilines is 1. The van der Waals surface area contributed by atoms with Crippen molar-refractivity contribution in [2.75, 3.05) is 5.32 Å². The number of carbonyl (C=O) groups excluding carboxylic acids is 3. The highest BCUT2D eigenvalue weighted by atomic mass is 19.1. The van der Waals surface area contributed by atoms with Crippen LogP contribution in [0.5, 0.6) is 0 Å². The molecule has 2 heterocycles. The molecule has 0 saturated heterocycles. The van der Waals surface area contributed by atoms with Crippen LogP contribution in [0.25, 0.3) is 0 Å². The molecule has 4 saturated carbocycles. The second kappa shape index (κ2) is 7.73. The normalized spacial score (nSPS) is 29.2. The Hall–Kier alpha value is -3.07. The average Bonchev–Trinajstić information content (AvgIpc) is 2.93. The second-order valence-electron chi connectivity index (χ2n) is 10.6. The van der Waals surface area contributed by atoms with Crippen molar-refractivity contribution in [3.8, 4) is 0 Å². The molecule has 0 spiro atoms.